The summed E-state index contributed by atoms with van der Waals surface area (Å²) in [6.45, 7) is 1.15. The molecule has 130 valence electrons. The van der Waals surface area contributed by atoms with E-state index in [1.807, 2.05) is 24.3 Å². The lowest BCUT2D eigenvalue weighted by Gasteiger charge is -2.16. The molecule has 1 aliphatic heterocycles. The second kappa shape index (κ2) is 7.79. The molecular formula is C19H21N3O3. The van der Waals surface area contributed by atoms with Crippen LogP contribution in [-0.4, -0.2) is 47.9 Å². The molecule has 1 aromatic carbocycles. The summed E-state index contributed by atoms with van der Waals surface area (Å²) in [4.78, 5) is 30.4. The lowest BCUT2D eigenvalue weighted by atomic mass is 10.1. The predicted octanol–water partition coefficient (Wildman–Crippen LogP) is 1.66. The molecular weight excluding hydrogens is 318 g/mol. The second-order valence-electron chi connectivity index (χ2n) is 6.04. The van der Waals surface area contributed by atoms with Gasteiger partial charge in [0.15, 0.2) is 0 Å². The average molecular weight is 339 g/mol. The van der Waals surface area contributed by atoms with Gasteiger partial charge in [-0.3, -0.25) is 14.6 Å². The number of hydrogen-bond donors (Lipinski definition) is 1. The largest absolute Gasteiger partial charge is 0.497 e. The van der Waals surface area contributed by atoms with Crippen LogP contribution in [0.25, 0.3) is 0 Å². The highest BCUT2D eigenvalue weighted by molar-refractivity contribution is 5.92. The maximum atomic E-state index is 12.4. The van der Waals surface area contributed by atoms with Gasteiger partial charge < -0.3 is 15.0 Å². The van der Waals surface area contributed by atoms with Gasteiger partial charge in [0.1, 0.15) is 11.4 Å². The minimum Gasteiger partial charge on any atom is -0.497 e. The molecule has 2 aromatic rings. The van der Waals surface area contributed by atoms with E-state index in [-0.39, 0.29) is 17.9 Å². The van der Waals surface area contributed by atoms with Crippen LogP contribution in [0, 0.1) is 0 Å². The van der Waals surface area contributed by atoms with Crippen LogP contribution in [0.3, 0.4) is 0 Å². The van der Waals surface area contributed by atoms with Crippen molar-refractivity contribution in [2.75, 3.05) is 20.2 Å². The monoisotopic (exact) mass is 339 g/mol. The number of carbonyl (C=O) groups excluding carboxylic acids is 2. The summed E-state index contributed by atoms with van der Waals surface area (Å²) in [5, 5.41) is 3.01. The van der Waals surface area contributed by atoms with Gasteiger partial charge in [-0.25, -0.2) is 0 Å². The summed E-state index contributed by atoms with van der Waals surface area (Å²) in [6, 6.07) is 12.7. The highest BCUT2D eigenvalue weighted by Gasteiger charge is 2.28. The summed E-state index contributed by atoms with van der Waals surface area (Å²) >= 11 is 0. The van der Waals surface area contributed by atoms with E-state index in [0.29, 0.717) is 25.2 Å². The summed E-state index contributed by atoms with van der Waals surface area (Å²) < 4.78 is 5.11. The van der Waals surface area contributed by atoms with Crippen molar-refractivity contribution >= 4 is 11.8 Å². The summed E-state index contributed by atoms with van der Waals surface area (Å²) in [5.41, 5.74) is 1.37. The van der Waals surface area contributed by atoms with Crippen molar-refractivity contribution in [1.82, 2.24) is 15.2 Å². The van der Waals surface area contributed by atoms with Crippen LogP contribution in [0.5, 0.6) is 5.75 Å². The van der Waals surface area contributed by atoms with Gasteiger partial charge in [0.25, 0.3) is 5.91 Å². The van der Waals surface area contributed by atoms with Crippen molar-refractivity contribution in [3.8, 4) is 5.75 Å². The molecule has 1 atom stereocenters. The van der Waals surface area contributed by atoms with Crippen molar-refractivity contribution in [2.45, 2.75) is 18.9 Å². The van der Waals surface area contributed by atoms with Crippen LogP contribution in [0.4, 0.5) is 0 Å². The Morgan fingerprint density at radius 3 is 2.72 bits per heavy atom. The fourth-order valence-corrected chi connectivity index (χ4v) is 2.92. The third kappa shape index (κ3) is 4.35. The maximum Gasteiger partial charge on any atom is 0.272 e. The van der Waals surface area contributed by atoms with E-state index in [2.05, 4.69) is 10.3 Å². The Labute approximate surface area is 146 Å². The number of hydrogen-bond acceptors (Lipinski definition) is 4. The first kappa shape index (κ1) is 17.0. The predicted molar refractivity (Wildman–Crippen MR) is 93.4 cm³/mol. The number of amides is 2. The molecule has 6 heteroatoms. The summed E-state index contributed by atoms with van der Waals surface area (Å²) in [5.74, 6) is 0.637. The number of nitrogens with one attached hydrogen (secondary N) is 1. The molecule has 2 heterocycles. The first-order valence-electron chi connectivity index (χ1n) is 8.28. The third-order valence-electron chi connectivity index (χ3n) is 4.25. The van der Waals surface area contributed by atoms with E-state index >= 15 is 0 Å². The Morgan fingerprint density at radius 1 is 1.24 bits per heavy atom. The smallest absolute Gasteiger partial charge is 0.272 e. The Hall–Kier alpha value is -2.89. The standard InChI is InChI=1S/C19H21N3O3/c1-25-16-7-5-14(6-8-16)12-18(23)21-15-9-11-22(13-15)19(24)17-4-2-3-10-20-17/h2-8,10,15H,9,11-13H2,1H3,(H,21,23)/t15-/m1/s1. The van der Waals surface area contributed by atoms with Crippen molar-refractivity contribution in [3.05, 3.63) is 59.9 Å². The normalized spacial score (nSPS) is 16.5. The summed E-state index contributed by atoms with van der Waals surface area (Å²) in [6.07, 6.45) is 2.68. The van der Waals surface area contributed by atoms with Gasteiger partial charge in [0.2, 0.25) is 5.91 Å². The van der Waals surface area contributed by atoms with E-state index in [1.165, 1.54) is 0 Å². The van der Waals surface area contributed by atoms with Crippen LogP contribution in [0.15, 0.2) is 48.7 Å². The van der Waals surface area contributed by atoms with Gasteiger partial charge in [-0.05, 0) is 36.2 Å². The zero-order valence-corrected chi connectivity index (χ0v) is 14.1. The number of ether oxygens (including phenoxy) is 1. The molecule has 3 rings (SSSR count). The lowest BCUT2D eigenvalue weighted by molar-refractivity contribution is -0.121. The number of pyridine rings is 1. The molecule has 2 amide bonds. The van der Waals surface area contributed by atoms with Crippen molar-refractivity contribution in [2.24, 2.45) is 0 Å². The van der Waals surface area contributed by atoms with Crippen LogP contribution in [-0.2, 0) is 11.2 Å². The van der Waals surface area contributed by atoms with E-state index < -0.39 is 0 Å². The zero-order chi connectivity index (χ0) is 17.6. The van der Waals surface area contributed by atoms with Crippen molar-refractivity contribution in [1.29, 1.82) is 0 Å². The number of methoxy groups -OCH3 is 1. The van der Waals surface area contributed by atoms with Crippen LogP contribution >= 0.6 is 0 Å². The number of aromatic nitrogens is 1. The third-order valence-corrected chi connectivity index (χ3v) is 4.25. The van der Waals surface area contributed by atoms with Crippen LogP contribution in [0.1, 0.15) is 22.5 Å². The number of rotatable bonds is 5. The van der Waals surface area contributed by atoms with Crippen LogP contribution < -0.4 is 10.1 Å². The van der Waals surface area contributed by atoms with Crippen LogP contribution in [0.2, 0.25) is 0 Å². The molecule has 1 saturated heterocycles. The minimum atomic E-state index is -0.0903. The zero-order valence-electron chi connectivity index (χ0n) is 14.1. The second-order valence-corrected chi connectivity index (χ2v) is 6.04. The molecule has 0 bridgehead atoms. The molecule has 0 saturated carbocycles. The van der Waals surface area contributed by atoms with Gasteiger partial charge in [0.05, 0.1) is 13.5 Å². The van der Waals surface area contributed by atoms with Gasteiger partial charge in [-0.15, -0.1) is 0 Å². The lowest BCUT2D eigenvalue weighted by Crippen LogP contribution is -2.39. The fourth-order valence-electron chi connectivity index (χ4n) is 2.92. The van der Waals surface area contributed by atoms with Gasteiger partial charge in [0, 0.05) is 25.3 Å². The summed E-state index contributed by atoms with van der Waals surface area (Å²) in [7, 11) is 1.61. The number of likely N-dealkylation sites (tertiary alicyclic amines) is 1. The molecule has 1 N–H and O–H groups in total. The molecule has 0 spiro atoms. The van der Waals surface area contributed by atoms with Crippen molar-refractivity contribution < 1.29 is 14.3 Å². The molecule has 1 aromatic heterocycles. The minimum absolute atomic E-state index is 0.0154. The van der Waals surface area contributed by atoms with Gasteiger partial charge >= 0.3 is 0 Å². The van der Waals surface area contributed by atoms with E-state index in [9.17, 15) is 9.59 Å². The number of nitrogens with zero attached hydrogens (tertiary/aromatic N) is 2. The first-order valence-corrected chi connectivity index (χ1v) is 8.28. The molecule has 0 radical (unpaired) electrons. The first-order chi connectivity index (χ1) is 12.2. The highest BCUT2D eigenvalue weighted by Crippen LogP contribution is 2.14. The average Bonchev–Trinajstić information content (AvgIpc) is 3.10. The molecule has 1 fully saturated rings. The Kier molecular flexibility index (Phi) is 5.28. The molecule has 25 heavy (non-hydrogen) atoms. The highest BCUT2D eigenvalue weighted by atomic mass is 16.5. The topological polar surface area (TPSA) is 71.5 Å². The Bertz CT molecular complexity index is 731. The quantitative estimate of drug-likeness (QED) is 0.899. The van der Waals surface area contributed by atoms with Crippen molar-refractivity contribution in [3.63, 3.8) is 0 Å². The molecule has 1 aliphatic rings. The van der Waals surface area contributed by atoms with Gasteiger partial charge in [-0.2, -0.15) is 0 Å². The fraction of sp³-hybridized carbons (Fsp3) is 0.316. The van der Waals surface area contributed by atoms with Gasteiger partial charge in [-0.1, -0.05) is 18.2 Å². The van der Waals surface area contributed by atoms with E-state index in [4.69, 9.17) is 4.74 Å². The molecule has 0 unspecified atom stereocenters. The van der Waals surface area contributed by atoms with E-state index in [0.717, 1.165) is 17.7 Å². The SMILES string of the molecule is COc1ccc(CC(=O)N[C@@H]2CCN(C(=O)c3ccccn3)C2)cc1. The number of carbonyl (C=O) groups is 2. The number of benzene rings is 1. The Balaban J connectivity index is 1.50. The Morgan fingerprint density at radius 2 is 2.04 bits per heavy atom. The molecule has 6 nitrogen and oxygen atoms in total. The maximum absolute atomic E-state index is 12.4. The van der Waals surface area contributed by atoms with E-state index in [1.54, 1.807) is 36.4 Å². The molecule has 0 aliphatic carbocycles.